The Bertz CT molecular complexity index is 246. The average Bonchev–Trinajstić information content (AvgIpc) is 2.84. The van der Waals surface area contributed by atoms with Crippen LogP contribution in [0.4, 0.5) is 0 Å². The van der Waals surface area contributed by atoms with Crippen molar-refractivity contribution in [1.29, 1.82) is 0 Å². The Morgan fingerprint density at radius 2 is 1.88 bits per heavy atom. The predicted molar refractivity (Wildman–Crippen MR) is 78.6 cm³/mol. The third-order valence-electron chi connectivity index (χ3n) is 4.43. The Balaban J connectivity index is 1.84. The van der Waals surface area contributed by atoms with Crippen LogP contribution in [0.1, 0.15) is 53.4 Å². The maximum atomic E-state index is 3.76. The first kappa shape index (κ1) is 13.7. The smallest absolute Gasteiger partial charge is 0.00967 e. The van der Waals surface area contributed by atoms with Crippen LogP contribution in [-0.4, -0.2) is 23.6 Å². The standard InChI is InChI=1S/C15H29NS/c1-5-17-7-6-15(11-16-14(2,3)4)9-12-8-13(12)10-15/h12-13,16H,5-11H2,1-4H3. The van der Waals surface area contributed by atoms with Crippen LogP contribution < -0.4 is 5.32 Å². The summed E-state index contributed by atoms with van der Waals surface area (Å²) in [4.78, 5) is 0. The van der Waals surface area contributed by atoms with Gasteiger partial charge in [0.25, 0.3) is 0 Å². The molecule has 2 fully saturated rings. The number of hydrogen-bond acceptors (Lipinski definition) is 2. The molecule has 2 unspecified atom stereocenters. The summed E-state index contributed by atoms with van der Waals surface area (Å²) in [5.74, 6) is 4.84. The Hall–Kier alpha value is 0.310. The second-order valence-corrected chi connectivity index (χ2v) is 8.61. The van der Waals surface area contributed by atoms with Crippen molar-refractivity contribution >= 4 is 11.8 Å². The summed E-state index contributed by atoms with van der Waals surface area (Å²) in [6.45, 7) is 10.4. The summed E-state index contributed by atoms with van der Waals surface area (Å²) in [7, 11) is 0. The average molecular weight is 255 g/mol. The summed E-state index contributed by atoms with van der Waals surface area (Å²) in [6, 6.07) is 0. The van der Waals surface area contributed by atoms with E-state index in [2.05, 4.69) is 44.8 Å². The summed E-state index contributed by atoms with van der Waals surface area (Å²) >= 11 is 2.12. The first-order valence-corrected chi connectivity index (χ1v) is 8.42. The van der Waals surface area contributed by atoms with E-state index in [1.165, 1.54) is 43.7 Å². The van der Waals surface area contributed by atoms with E-state index in [1.807, 2.05) is 0 Å². The van der Waals surface area contributed by atoms with Crippen molar-refractivity contribution in [3.8, 4) is 0 Å². The van der Waals surface area contributed by atoms with Crippen molar-refractivity contribution in [3.63, 3.8) is 0 Å². The minimum Gasteiger partial charge on any atom is -0.312 e. The van der Waals surface area contributed by atoms with Crippen molar-refractivity contribution in [2.24, 2.45) is 17.3 Å². The van der Waals surface area contributed by atoms with Crippen molar-refractivity contribution in [3.05, 3.63) is 0 Å². The van der Waals surface area contributed by atoms with Crippen LogP contribution in [0, 0.1) is 17.3 Å². The molecule has 0 aromatic carbocycles. The van der Waals surface area contributed by atoms with Gasteiger partial charge in [0.15, 0.2) is 0 Å². The highest BCUT2D eigenvalue weighted by atomic mass is 32.2. The topological polar surface area (TPSA) is 12.0 Å². The maximum Gasteiger partial charge on any atom is 0.00967 e. The minimum atomic E-state index is 0.275. The van der Waals surface area contributed by atoms with Gasteiger partial charge in [-0.2, -0.15) is 11.8 Å². The molecule has 0 bridgehead atoms. The quantitative estimate of drug-likeness (QED) is 0.722. The van der Waals surface area contributed by atoms with Gasteiger partial charge in [-0.05, 0) is 75.2 Å². The summed E-state index contributed by atoms with van der Waals surface area (Å²) in [5.41, 5.74) is 0.917. The Morgan fingerprint density at radius 1 is 1.24 bits per heavy atom. The number of rotatable bonds is 6. The maximum absolute atomic E-state index is 3.76. The van der Waals surface area contributed by atoms with Crippen molar-refractivity contribution in [2.45, 2.75) is 58.9 Å². The Kier molecular flexibility index (Phi) is 4.14. The molecule has 0 aromatic heterocycles. The van der Waals surface area contributed by atoms with Crippen LogP contribution in [0.2, 0.25) is 0 Å². The molecule has 2 heteroatoms. The van der Waals surface area contributed by atoms with Gasteiger partial charge >= 0.3 is 0 Å². The van der Waals surface area contributed by atoms with Gasteiger partial charge in [-0.1, -0.05) is 6.92 Å². The SMILES string of the molecule is CCSCCC1(CNC(C)(C)C)CC2CC2C1. The van der Waals surface area contributed by atoms with Crippen LogP contribution in [0.3, 0.4) is 0 Å². The number of thioether (sulfide) groups is 1. The highest BCUT2D eigenvalue weighted by Crippen LogP contribution is 2.61. The lowest BCUT2D eigenvalue weighted by molar-refractivity contribution is 0.217. The van der Waals surface area contributed by atoms with Gasteiger partial charge in [0.1, 0.15) is 0 Å². The first-order valence-electron chi connectivity index (χ1n) is 7.27. The lowest BCUT2D eigenvalue weighted by Crippen LogP contribution is -2.43. The molecule has 0 aromatic rings. The molecule has 2 saturated carbocycles. The Labute approximate surface area is 112 Å². The number of nitrogens with one attached hydrogen (secondary N) is 1. The van der Waals surface area contributed by atoms with Crippen LogP contribution in [0.15, 0.2) is 0 Å². The summed E-state index contributed by atoms with van der Waals surface area (Å²) < 4.78 is 0. The molecule has 2 aliphatic carbocycles. The molecule has 100 valence electrons. The van der Waals surface area contributed by atoms with Gasteiger partial charge in [0.05, 0.1) is 0 Å². The first-order chi connectivity index (χ1) is 7.94. The normalized spacial score (nSPS) is 36.0. The molecular formula is C15H29NS. The third-order valence-corrected chi connectivity index (χ3v) is 5.34. The van der Waals surface area contributed by atoms with Crippen LogP contribution in [-0.2, 0) is 0 Å². The number of fused-ring (bicyclic) bond motifs is 1. The molecule has 0 amide bonds. The van der Waals surface area contributed by atoms with Crippen molar-refractivity contribution in [1.82, 2.24) is 5.32 Å². The van der Waals surface area contributed by atoms with Crippen molar-refractivity contribution in [2.75, 3.05) is 18.1 Å². The largest absolute Gasteiger partial charge is 0.312 e. The third kappa shape index (κ3) is 3.89. The monoisotopic (exact) mass is 255 g/mol. The van der Waals surface area contributed by atoms with E-state index in [0.717, 1.165) is 11.8 Å². The second-order valence-electron chi connectivity index (χ2n) is 7.21. The molecule has 2 rings (SSSR count). The molecule has 17 heavy (non-hydrogen) atoms. The minimum absolute atomic E-state index is 0.275. The fourth-order valence-electron chi connectivity index (χ4n) is 3.33. The van der Waals surface area contributed by atoms with Crippen molar-refractivity contribution < 1.29 is 0 Å². The molecule has 1 nitrogen and oxygen atoms in total. The van der Waals surface area contributed by atoms with E-state index in [1.54, 1.807) is 0 Å². The van der Waals surface area contributed by atoms with Crippen LogP contribution >= 0.6 is 11.8 Å². The summed E-state index contributed by atoms with van der Waals surface area (Å²) in [6.07, 6.45) is 5.98. The molecule has 0 spiro atoms. The van der Waals surface area contributed by atoms with E-state index in [-0.39, 0.29) is 5.54 Å². The fraction of sp³-hybridized carbons (Fsp3) is 1.00. The zero-order valence-electron chi connectivity index (χ0n) is 12.0. The second kappa shape index (κ2) is 5.13. The van der Waals surface area contributed by atoms with Gasteiger partial charge in [0, 0.05) is 12.1 Å². The van der Waals surface area contributed by atoms with Gasteiger partial charge < -0.3 is 5.32 Å². The van der Waals surface area contributed by atoms with E-state index < -0.39 is 0 Å². The lowest BCUT2D eigenvalue weighted by atomic mass is 9.79. The van der Waals surface area contributed by atoms with Crippen LogP contribution in [0.5, 0.6) is 0 Å². The Morgan fingerprint density at radius 3 is 2.41 bits per heavy atom. The highest BCUT2D eigenvalue weighted by molar-refractivity contribution is 7.99. The van der Waals surface area contributed by atoms with E-state index >= 15 is 0 Å². The fourth-order valence-corrected chi connectivity index (χ4v) is 4.19. The molecular weight excluding hydrogens is 226 g/mol. The highest BCUT2D eigenvalue weighted by Gasteiger charge is 2.53. The van der Waals surface area contributed by atoms with Gasteiger partial charge in [-0.25, -0.2) is 0 Å². The molecule has 0 radical (unpaired) electrons. The van der Waals surface area contributed by atoms with E-state index in [9.17, 15) is 0 Å². The molecule has 0 aliphatic heterocycles. The predicted octanol–water partition coefficient (Wildman–Crippen LogP) is 3.93. The van der Waals surface area contributed by atoms with Crippen LogP contribution in [0.25, 0.3) is 0 Å². The molecule has 2 atom stereocenters. The van der Waals surface area contributed by atoms with E-state index in [4.69, 9.17) is 0 Å². The molecule has 0 heterocycles. The van der Waals surface area contributed by atoms with Gasteiger partial charge in [-0.3, -0.25) is 0 Å². The van der Waals surface area contributed by atoms with Gasteiger partial charge in [0.2, 0.25) is 0 Å². The lowest BCUT2D eigenvalue weighted by Gasteiger charge is -2.35. The molecule has 2 aliphatic rings. The zero-order chi connectivity index (χ0) is 12.5. The summed E-state index contributed by atoms with van der Waals surface area (Å²) in [5, 5.41) is 3.76. The van der Waals surface area contributed by atoms with E-state index in [0.29, 0.717) is 5.41 Å². The molecule has 0 saturated heterocycles. The number of hydrogen-bond donors (Lipinski definition) is 1. The van der Waals surface area contributed by atoms with Gasteiger partial charge in [-0.15, -0.1) is 0 Å². The molecule has 1 N–H and O–H groups in total. The zero-order valence-corrected chi connectivity index (χ0v) is 12.8.